The van der Waals surface area contributed by atoms with E-state index < -0.39 is 0 Å². The molecule has 17 heavy (non-hydrogen) atoms. The van der Waals surface area contributed by atoms with E-state index in [1.165, 1.54) is 0 Å². The summed E-state index contributed by atoms with van der Waals surface area (Å²) in [5.74, 6) is 0.288. The van der Waals surface area contributed by atoms with Crippen LogP contribution in [0.1, 0.15) is 0 Å². The first-order chi connectivity index (χ1) is 8.33. The van der Waals surface area contributed by atoms with E-state index in [1.807, 2.05) is 36.4 Å². The third kappa shape index (κ3) is 1.78. The van der Waals surface area contributed by atoms with Gasteiger partial charge in [0.1, 0.15) is 5.69 Å². The normalized spacial score (nSPS) is 10.6. The molecule has 0 saturated carbocycles. The first-order valence-corrected chi connectivity index (χ1v) is 5.16. The van der Waals surface area contributed by atoms with Crippen molar-refractivity contribution in [1.29, 1.82) is 0 Å². The molecule has 0 saturated heterocycles. The highest BCUT2D eigenvalue weighted by molar-refractivity contribution is 5.66. The monoisotopic (exact) mass is 226 g/mol. The number of anilines is 1. The largest absolute Gasteiger partial charge is 0.368 e. The number of benzene rings is 1. The lowest BCUT2D eigenvalue weighted by atomic mass is 10.1. The minimum absolute atomic E-state index is 0.288. The zero-order valence-corrected chi connectivity index (χ0v) is 8.92. The molecule has 0 unspecified atom stereocenters. The molecule has 5 nitrogen and oxygen atoms in total. The smallest absolute Gasteiger partial charge is 0.222 e. The van der Waals surface area contributed by atoms with Crippen LogP contribution in [0.25, 0.3) is 22.6 Å². The number of aromatic amines is 1. The number of hydrogen-bond acceptors (Lipinski definition) is 4. The number of aromatic nitrogens is 3. The van der Waals surface area contributed by atoms with Gasteiger partial charge in [0.05, 0.1) is 11.4 Å². The summed E-state index contributed by atoms with van der Waals surface area (Å²) in [5.41, 5.74) is 8.81. The first kappa shape index (κ1) is 9.65. The standard InChI is InChI=1S/C12H10N4O/c13-12-7-11(16-17-12)10-6-9(14-15-10)8-4-2-1-3-5-8/h1-7H,13H2,(H,14,15). The molecule has 3 aromatic rings. The Bertz CT molecular complexity index is 627. The molecule has 1 aromatic carbocycles. The first-order valence-electron chi connectivity index (χ1n) is 5.16. The molecule has 0 aliphatic carbocycles. The fourth-order valence-corrected chi connectivity index (χ4v) is 1.63. The molecule has 5 heteroatoms. The summed E-state index contributed by atoms with van der Waals surface area (Å²) >= 11 is 0. The average Bonchev–Trinajstić information content (AvgIpc) is 2.98. The number of nitrogens with two attached hydrogens (primary N) is 1. The van der Waals surface area contributed by atoms with Crippen molar-refractivity contribution in [3.8, 4) is 22.6 Å². The lowest BCUT2D eigenvalue weighted by Gasteiger charge is -1.92. The topological polar surface area (TPSA) is 80.7 Å². The molecule has 2 aromatic heterocycles. The average molecular weight is 226 g/mol. The van der Waals surface area contributed by atoms with Crippen LogP contribution in [0, 0.1) is 0 Å². The van der Waals surface area contributed by atoms with E-state index in [4.69, 9.17) is 10.3 Å². The van der Waals surface area contributed by atoms with Gasteiger partial charge < -0.3 is 10.3 Å². The Kier molecular flexibility index (Phi) is 2.15. The summed E-state index contributed by atoms with van der Waals surface area (Å²) in [6.45, 7) is 0. The third-order valence-electron chi connectivity index (χ3n) is 2.45. The van der Waals surface area contributed by atoms with Crippen LogP contribution in [-0.4, -0.2) is 15.4 Å². The highest BCUT2D eigenvalue weighted by Crippen LogP contribution is 2.23. The maximum Gasteiger partial charge on any atom is 0.222 e. The highest BCUT2D eigenvalue weighted by Gasteiger charge is 2.09. The van der Waals surface area contributed by atoms with E-state index in [0.29, 0.717) is 5.69 Å². The van der Waals surface area contributed by atoms with Crippen molar-refractivity contribution in [2.45, 2.75) is 0 Å². The Balaban J connectivity index is 1.99. The summed E-state index contributed by atoms with van der Waals surface area (Å²) in [6.07, 6.45) is 0. The molecular weight excluding hydrogens is 216 g/mol. The summed E-state index contributed by atoms with van der Waals surface area (Å²) in [4.78, 5) is 0. The zero-order chi connectivity index (χ0) is 11.7. The van der Waals surface area contributed by atoms with Crippen LogP contribution >= 0.6 is 0 Å². The van der Waals surface area contributed by atoms with Crippen LogP contribution in [0.15, 0.2) is 47.0 Å². The fraction of sp³-hybridized carbons (Fsp3) is 0. The number of nitrogens with one attached hydrogen (secondary N) is 1. The Morgan fingerprint density at radius 3 is 2.59 bits per heavy atom. The van der Waals surface area contributed by atoms with Crippen LogP contribution in [-0.2, 0) is 0 Å². The van der Waals surface area contributed by atoms with Crippen LogP contribution in [0.5, 0.6) is 0 Å². The van der Waals surface area contributed by atoms with Crippen molar-refractivity contribution in [2.24, 2.45) is 0 Å². The van der Waals surface area contributed by atoms with E-state index in [9.17, 15) is 0 Å². The van der Waals surface area contributed by atoms with E-state index in [-0.39, 0.29) is 5.88 Å². The molecule has 0 aliphatic rings. The Hall–Kier alpha value is -2.56. The molecule has 3 N–H and O–H groups in total. The summed E-state index contributed by atoms with van der Waals surface area (Å²) in [5, 5.41) is 11.0. The molecule has 0 aliphatic heterocycles. The number of hydrogen-bond donors (Lipinski definition) is 2. The van der Waals surface area contributed by atoms with Gasteiger partial charge in [-0.05, 0) is 6.07 Å². The van der Waals surface area contributed by atoms with E-state index in [0.717, 1.165) is 17.0 Å². The Morgan fingerprint density at radius 2 is 1.88 bits per heavy atom. The number of nitrogen functional groups attached to an aromatic ring is 1. The molecule has 0 fully saturated rings. The predicted octanol–water partition coefficient (Wildman–Crippen LogP) is 2.31. The van der Waals surface area contributed by atoms with Gasteiger partial charge in [0, 0.05) is 11.6 Å². The minimum Gasteiger partial charge on any atom is -0.368 e. The Labute approximate surface area is 97.2 Å². The van der Waals surface area contributed by atoms with Gasteiger partial charge in [-0.25, -0.2) is 0 Å². The van der Waals surface area contributed by atoms with E-state index in [2.05, 4.69) is 15.4 Å². The van der Waals surface area contributed by atoms with Gasteiger partial charge in [-0.15, -0.1) is 0 Å². The third-order valence-corrected chi connectivity index (χ3v) is 2.45. The summed E-state index contributed by atoms with van der Waals surface area (Å²) < 4.78 is 4.81. The van der Waals surface area contributed by atoms with Crippen LogP contribution in [0.2, 0.25) is 0 Å². The second kappa shape index (κ2) is 3.79. The predicted molar refractivity (Wildman–Crippen MR) is 63.9 cm³/mol. The number of rotatable bonds is 2. The molecule has 0 amide bonds. The molecule has 2 heterocycles. The quantitative estimate of drug-likeness (QED) is 0.702. The molecular formula is C12H10N4O. The van der Waals surface area contributed by atoms with Crippen molar-refractivity contribution < 1.29 is 4.52 Å². The molecule has 0 spiro atoms. The van der Waals surface area contributed by atoms with Crippen LogP contribution in [0.3, 0.4) is 0 Å². The molecule has 0 bridgehead atoms. The van der Waals surface area contributed by atoms with Crippen molar-refractivity contribution in [2.75, 3.05) is 5.73 Å². The van der Waals surface area contributed by atoms with Crippen molar-refractivity contribution in [3.05, 3.63) is 42.5 Å². The second-order valence-corrected chi connectivity index (χ2v) is 3.65. The van der Waals surface area contributed by atoms with Crippen molar-refractivity contribution in [3.63, 3.8) is 0 Å². The van der Waals surface area contributed by atoms with Gasteiger partial charge in [-0.3, -0.25) is 5.10 Å². The minimum atomic E-state index is 0.288. The lowest BCUT2D eigenvalue weighted by Crippen LogP contribution is -1.77. The van der Waals surface area contributed by atoms with Gasteiger partial charge in [0.25, 0.3) is 0 Å². The van der Waals surface area contributed by atoms with Gasteiger partial charge in [-0.2, -0.15) is 5.10 Å². The lowest BCUT2D eigenvalue weighted by molar-refractivity contribution is 0.439. The van der Waals surface area contributed by atoms with Gasteiger partial charge in [0.15, 0.2) is 0 Å². The highest BCUT2D eigenvalue weighted by atomic mass is 16.5. The zero-order valence-electron chi connectivity index (χ0n) is 8.92. The SMILES string of the molecule is Nc1cc(-c2cc(-c3ccccc3)n[nH]2)no1. The summed E-state index contributed by atoms with van der Waals surface area (Å²) in [6, 6.07) is 13.5. The molecule has 0 radical (unpaired) electrons. The van der Waals surface area contributed by atoms with Crippen molar-refractivity contribution >= 4 is 5.88 Å². The maximum atomic E-state index is 5.47. The summed E-state index contributed by atoms with van der Waals surface area (Å²) in [7, 11) is 0. The Morgan fingerprint density at radius 1 is 1.06 bits per heavy atom. The van der Waals surface area contributed by atoms with Gasteiger partial charge in [0.2, 0.25) is 5.88 Å². The van der Waals surface area contributed by atoms with Crippen molar-refractivity contribution in [1.82, 2.24) is 15.4 Å². The molecule has 0 atom stereocenters. The second-order valence-electron chi connectivity index (χ2n) is 3.65. The van der Waals surface area contributed by atoms with Crippen LogP contribution < -0.4 is 5.73 Å². The van der Waals surface area contributed by atoms with Crippen LogP contribution in [0.4, 0.5) is 5.88 Å². The maximum absolute atomic E-state index is 5.47. The van der Waals surface area contributed by atoms with E-state index in [1.54, 1.807) is 6.07 Å². The number of nitrogens with zero attached hydrogens (tertiary/aromatic N) is 2. The van der Waals surface area contributed by atoms with Gasteiger partial charge in [-0.1, -0.05) is 35.5 Å². The van der Waals surface area contributed by atoms with Gasteiger partial charge >= 0.3 is 0 Å². The molecule has 84 valence electrons. The van der Waals surface area contributed by atoms with E-state index >= 15 is 0 Å². The number of H-pyrrole nitrogens is 1. The fourth-order valence-electron chi connectivity index (χ4n) is 1.63. The molecule has 3 rings (SSSR count).